The molecule has 0 atom stereocenters. The van der Waals surface area contributed by atoms with Crippen LogP contribution in [0, 0.1) is 20.2 Å². The van der Waals surface area contributed by atoms with Crippen LogP contribution in [0.4, 0.5) is 22.7 Å². The van der Waals surface area contributed by atoms with E-state index in [1.165, 1.54) is 58.8 Å². The molecule has 0 aliphatic rings. The average Bonchev–Trinajstić information content (AvgIpc) is 3.08. The van der Waals surface area contributed by atoms with Gasteiger partial charge in [0.2, 0.25) is 0 Å². The highest BCUT2D eigenvalue weighted by Gasteiger charge is 2.26. The molecule has 0 fully saturated rings. The van der Waals surface area contributed by atoms with Crippen molar-refractivity contribution < 1.29 is 20.1 Å². The minimum atomic E-state index is -0.693. The number of nitro benzene ring substituents is 2. The second-order valence-corrected chi connectivity index (χ2v) is 9.78. The minimum absolute atomic E-state index is 0.150. The first-order valence-electron chi connectivity index (χ1n) is 14.5. The maximum absolute atomic E-state index is 11.2. The SMILES string of the molecule is NCCN=C(C(=NCCN)N(/N=C/c1ccc([N+](=O)[O-])c(O)c1)c1ccccc1)N(/N=C\c1ccc([N+](=O)[O-])c(O)c1)c1ccccc1. The Bertz CT molecular complexity index is 1710. The van der Waals surface area contributed by atoms with E-state index in [1.807, 2.05) is 12.1 Å². The number of benzene rings is 4. The van der Waals surface area contributed by atoms with Gasteiger partial charge >= 0.3 is 11.4 Å². The highest BCUT2D eigenvalue weighted by molar-refractivity contribution is 6.49. The van der Waals surface area contributed by atoms with E-state index < -0.39 is 32.7 Å². The number of nitro groups is 2. The average molecular weight is 653 g/mol. The zero-order chi connectivity index (χ0) is 34.5. The van der Waals surface area contributed by atoms with Gasteiger partial charge in [-0.2, -0.15) is 10.2 Å². The third-order valence-electron chi connectivity index (χ3n) is 6.42. The Kier molecular flexibility index (Phi) is 11.9. The number of aromatic hydroxyl groups is 2. The van der Waals surface area contributed by atoms with Crippen LogP contribution in [0.2, 0.25) is 0 Å². The van der Waals surface area contributed by atoms with Gasteiger partial charge in [0.15, 0.2) is 23.2 Å². The highest BCUT2D eigenvalue weighted by atomic mass is 16.6. The molecule has 6 N–H and O–H groups in total. The minimum Gasteiger partial charge on any atom is -0.502 e. The Labute approximate surface area is 274 Å². The monoisotopic (exact) mass is 652 g/mol. The number of para-hydroxylation sites is 2. The molecule has 4 rings (SSSR count). The Hall–Kier alpha value is -6.52. The Morgan fingerprint density at radius 2 is 1.02 bits per heavy atom. The van der Waals surface area contributed by atoms with Gasteiger partial charge in [0, 0.05) is 25.2 Å². The van der Waals surface area contributed by atoms with Crippen molar-refractivity contribution in [1.82, 2.24) is 0 Å². The van der Waals surface area contributed by atoms with E-state index in [2.05, 4.69) is 10.2 Å². The van der Waals surface area contributed by atoms with Crippen LogP contribution < -0.4 is 21.5 Å². The summed E-state index contributed by atoms with van der Waals surface area (Å²) in [5.41, 5.74) is 12.7. The van der Waals surface area contributed by atoms with Crippen LogP contribution in [0.1, 0.15) is 11.1 Å². The largest absolute Gasteiger partial charge is 0.502 e. The van der Waals surface area contributed by atoms with Crippen LogP contribution in [-0.2, 0) is 0 Å². The summed E-state index contributed by atoms with van der Waals surface area (Å²) in [5.74, 6) is -0.677. The van der Waals surface area contributed by atoms with Crippen molar-refractivity contribution in [3.8, 4) is 11.5 Å². The number of phenolic OH excluding ortho intramolecular Hbond substituents is 2. The van der Waals surface area contributed by atoms with Crippen LogP contribution in [-0.4, -0.2) is 70.3 Å². The van der Waals surface area contributed by atoms with Crippen LogP contribution >= 0.6 is 0 Å². The molecule has 0 aromatic heterocycles. The number of anilines is 2. The molecule has 0 aliphatic heterocycles. The zero-order valence-corrected chi connectivity index (χ0v) is 25.5. The molecule has 0 aliphatic carbocycles. The molecule has 0 saturated heterocycles. The van der Waals surface area contributed by atoms with Gasteiger partial charge in [0.1, 0.15) is 0 Å². The molecular weight excluding hydrogens is 620 g/mol. The van der Waals surface area contributed by atoms with Gasteiger partial charge in [0.25, 0.3) is 0 Å². The van der Waals surface area contributed by atoms with Crippen molar-refractivity contribution in [1.29, 1.82) is 0 Å². The number of phenols is 2. The summed E-state index contributed by atoms with van der Waals surface area (Å²) >= 11 is 0. The number of rotatable bonds is 12. The topological polar surface area (TPSA) is 235 Å². The van der Waals surface area contributed by atoms with Gasteiger partial charge in [0.05, 0.1) is 46.7 Å². The molecule has 16 heteroatoms. The van der Waals surface area contributed by atoms with Crippen molar-refractivity contribution in [3.63, 3.8) is 0 Å². The van der Waals surface area contributed by atoms with E-state index in [-0.39, 0.29) is 37.9 Å². The number of hydrogen-bond acceptors (Lipinski definition) is 12. The van der Waals surface area contributed by atoms with Crippen molar-refractivity contribution in [2.75, 3.05) is 36.2 Å². The molecule has 4 aromatic carbocycles. The first-order chi connectivity index (χ1) is 23.2. The standard InChI is InChI=1S/C32H32N10O6/c33-15-17-35-31(39(25-7-3-1-4-8-25)37-21-23-11-13-27(41(45)46)29(43)19-23)32(36-18-16-34)40(26-9-5-2-6-10-26)38-22-24-12-14-28(42(47)48)30(44)20-24/h1-14,19-22,43-44H,15-18,33-34H2/b35-31?,36-32?,37-21-,38-22+. The molecule has 0 bridgehead atoms. The third-order valence-corrected chi connectivity index (χ3v) is 6.42. The van der Waals surface area contributed by atoms with Crippen LogP contribution in [0.15, 0.2) is 117 Å². The zero-order valence-electron chi connectivity index (χ0n) is 25.5. The first-order valence-corrected chi connectivity index (χ1v) is 14.5. The van der Waals surface area contributed by atoms with Crippen LogP contribution in [0.5, 0.6) is 11.5 Å². The van der Waals surface area contributed by atoms with Gasteiger partial charge in [-0.05, 0) is 59.7 Å². The summed E-state index contributed by atoms with van der Waals surface area (Å²) in [7, 11) is 0. The fourth-order valence-electron chi connectivity index (χ4n) is 4.23. The molecule has 4 aromatic rings. The quantitative estimate of drug-likeness (QED) is 0.0742. The normalized spacial score (nSPS) is 12.0. The number of hydrazone groups is 2. The molecule has 0 saturated carbocycles. The van der Waals surface area contributed by atoms with Crippen LogP contribution in [0.25, 0.3) is 0 Å². The molecule has 0 heterocycles. The van der Waals surface area contributed by atoms with Gasteiger partial charge in [-0.3, -0.25) is 30.2 Å². The van der Waals surface area contributed by atoms with Crippen molar-refractivity contribution in [2.24, 2.45) is 31.7 Å². The van der Waals surface area contributed by atoms with Crippen molar-refractivity contribution >= 4 is 46.8 Å². The number of nitrogens with two attached hydrogens (primary N) is 2. The number of amidine groups is 2. The fraction of sp³-hybridized carbons (Fsp3) is 0.125. The Morgan fingerprint density at radius 3 is 1.33 bits per heavy atom. The summed E-state index contributed by atoms with van der Waals surface area (Å²) in [5, 5.41) is 55.1. The Morgan fingerprint density at radius 1 is 0.646 bits per heavy atom. The van der Waals surface area contributed by atoms with E-state index in [0.717, 1.165) is 0 Å². The second kappa shape index (κ2) is 16.7. The summed E-state index contributed by atoms with van der Waals surface area (Å²) in [6.45, 7) is 0.646. The molecule has 0 unspecified atom stereocenters. The summed E-state index contributed by atoms with van der Waals surface area (Å²) < 4.78 is 0. The van der Waals surface area contributed by atoms with Crippen molar-refractivity contribution in [3.05, 3.63) is 128 Å². The molecule has 48 heavy (non-hydrogen) atoms. The molecule has 0 radical (unpaired) electrons. The first kappa shape index (κ1) is 34.4. The smallest absolute Gasteiger partial charge is 0.310 e. The fourth-order valence-corrected chi connectivity index (χ4v) is 4.23. The number of nitrogens with zero attached hydrogens (tertiary/aromatic N) is 8. The Balaban J connectivity index is 1.89. The summed E-state index contributed by atoms with van der Waals surface area (Å²) in [6.07, 6.45) is 2.79. The molecule has 0 amide bonds. The van der Waals surface area contributed by atoms with Gasteiger partial charge in [-0.25, -0.2) is 10.0 Å². The maximum Gasteiger partial charge on any atom is 0.310 e. The lowest BCUT2D eigenvalue weighted by Gasteiger charge is -2.27. The number of aliphatic imine (C=N–C) groups is 2. The number of hydrogen-bond donors (Lipinski definition) is 4. The maximum atomic E-state index is 11.2. The van der Waals surface area contributed by atoms with E-state index in [1.54, 1.807) is 48.5 Å². The van der Waals surface area contributed by atoms with Gasteiger partial charge in [-0.15, -0.1) is 0 Å². The van der Waals surface area contributed by atoms with E-state index in [4.69, 9.17) is 21.5 Å². The van der Waals surface area contributed by atoms with Gasteiger partial charge < -0.3 is 21.7 Å². The molecule has 246 valence electrons. The molecular formula is C32H32N10O6. The van der Waals surface area contributed by atoms with Crippen LogP contribution in [0.3, 0.4) is 0 Å². The lowest BCUT2D eigenvalue weighted by atomic mass is 10.2. The van der Waals surface area contributed by atoms with Gasteiger partial charge in [-0.1, -0.05) is 36.4 Å². The molecule has 16 nitrogen and oxygen atoms in total. The highest BCUT2D eigenvalue weighted by Crippen LogP contribution is 2.27. The predicted octanol–water partition coefficient (Wildman–Crippen LogP) is 4.01. The second-order valence-electron chi connectivity index (χ2n) is 9.78. The molecule has 0 spiro atoms. The van der Waals surface area contributed by atoms with Crippen molar-refractivity contribution in [2.45, 2.75) is 0 Å². The van der Waals surface area contributed by atoms with E-state index in [9.17, 15) is 30.4 Å². The lowest BCUT2D eigenvalue weighted by molar-refractivity contribution is -0.386. The lowest BCUT2D eigenvalue weighted by Crippen LogP contribution is -2.43. The third kappa shape index (κ3) is 8.81. The summed E-state index contributed by atoms with van der Waals surface area (Å²) in [6, 6.07) is 25.6. The van der Waals surface area contributed by atoms with E-state index >= 15 is 0 Å². The summed E-state index contributed by atoms with van der Waals surface area (Å²) in [4.78, 5) is 30.5. The predicted molar refractivity (Wildman–Crippen MR) is 185 cm³/mol. The van der Waals surface area contributed by atoms with E-state index in [0.29, 0.717) is 22.5 Å².